The highest BCUT2D eigenvalue weighted by Gasteiger charge is 2.60. The van der Waals surface area contributed by atoms with Crippen molar-refractivity contribution in [1.29, 1.82) is 0 Å². The quantitative estimate of drug-likeness (QED) is 0.298. The van der Waals surface area contributed by atoms with Crippen LogP contribution in [0.2, 0.25) is 0 Å². The van der Waals surface area contributed by atoms with E-state index in [-0.39, 0.29) is 5.41 Å². The second kappa shape index (κ2) is 8.19. The molecule has 4 aliphatic carbocycles. The van der Waals surface area contributed by atoms with Gasteiger partial charge < -0.3 is 5.21 Å². The van der Waals surface area contributed by atoms with Gasteiger partial charge in [0.25, 0.3) is 0 Å². The molecule has 0 heterocycles. The standard InChI is InChI=1S/C28H43NO2/c1-17(2)18(3)7-8-19(4)22-9-10-23-21-16-26(30)25-15-20(29-31)11-13-28(25,6)24(21)12-14-27(22,23)5/h7-8,15,17-19,21-24,31H,9-14,16H2,1-6H3/b8-7+,29-20+/t18?,19-,21?,22?,23?,24?,27?,28?/m1/s1. The molecule has 3 fully saturated rings. The van der Waals surface area contributed by atoms with Gasteiger partial charge in [0.05, 0.1) is 5.71 Å². The predicted molar refractivity (Wildman–Crippen MR) is 127 cm³/mol. The zero-order chi connectivity index (χ0) is 22.6. The normalized spacial score (nSPS) is 43.5. The van der Waals surface area contributed by atoms with Crippen LogP contribution < -0.4 is 0 Å². The van der Waals surface area contributed by atoms with Crippen molar-refractivity contribution >= 4 is 11.5 Å². The topological polar surface area (TPSA) is 49.7 Å². The molecule has 0 aliphatic heterocycles. The molecule has 172 valence electrons. The molecule has 0 saturated heterocycles. The summed E-state index contributed by atoms with van der Waals surface area (Å²) in [4.78, 5) is 13.3. The van der Waals surface area contributed by atoms with Gasteiger partial charge in [-0.2, -0.15) is 0 Å². The van der Waals surface area contributed by atoms with Crippen molar-refractivity contribution in [3.05, 3.63) is 23.8 Å². The molecule has 7 unspecified atom stereocenters. The smallest absolute Gasteiger partial charge is 0.159 e. The molecule has 0 radical (unpaired) electrons. The molecule has 4 rings (SSSR count). The third-order valence-electron chi connectivity index (χ3n) is 10.4. The van der Waals surface area contributed by atoms with Crippen molar-refractivity contribution in [1.82, 2.24) is 0 Å². The van der Waals surface area contributed by atoms with E-state index in [0.717, 1.165) is 24.3 Å². The van der Waals surface area contributed by atoms with Gasteiger partial charge in [-0.3, -0.25) is 4.79 Å². The van der Waals surface area contributed by atoms with E-state index >= 15 is 0 Å². The van der Waals surface area contributed by atoms with E-state index < -0.39 is 0 Å². The Kier molecular flexibility index (Phi) is 6.03. The van der Waals surface area contributed by atoms with Gasteiger partial charge in [0.1, 0.15) is 0 Å². The molecule has 4 aliphatic rings. The van der Waals surface area contributed by atoms with E-state index in [9.17, 15) is 10.0 Å². The number of hydrogen-bond acceptors (Lipinski definition) is 3. The van der Waals surface area contributed by atoms with Gasteiger partial charge in [-0.25, -0.2) is 0 Å². The highest BCUT2D eigenvalue weighted by atomic mass is 16.4. The fourth-order valence-electron chi connectivity index (χ4n) is 8.09. The molecule has 1 N–H and O–H groups in total. The van der Waals surface area contributed by atoms with Crippen LogP contribution in [0.5, 0.6) is 0 Å². The Morgan fingerprint density at radius 3 is 2.48 bits per heavy atom. The second-order valence-electron chi connectivity index (χ2n) is 12.1. The molecule has 8 atom stereocenters. The summed E-state index contributed by atoms with van der Waals surface area (Å²) in [5.41, 5.74) is 1.95. The molecular formula is C28H43NO2. The lowest BCUT2D eigenvalue weighted by Gasteiger charge is -2.58. The summed E-state index contributed by atoms with van der Waals surface area (Å²) in [5, 5.41) is 12.7. The van der Waals surface area contributed by atoms with Crippen molar-refractivity contribution < 1.29 is 10.0 Å². The minimum absolute atomic E-state index is 0.0359. The van der Waals surface area contributed by atoms with Gasteiger partial charge in [0, 0.05) is 12.0 Å². The van der Waals surface area contributed by atoms with Crippen LogP contribution in [-0.2, 0) is 4.79 Å². The van der Waals surface area contributed by atoms with E-state index in [1.807, 2.05) is 6.08 Å². The number of rotatable bonds is 4. The van der Waals surface area contributed by atoms with E-state index in [1.165, 1.54) is 25.7 Å². The average molecular weight is 426 g/mol. The number of ketones is 1. The van der Waals surface area contributed by atoms with Gasteiger partial charge in [-0.15, -0.1) is 0 Å². The number of carbonyl (C=O) groups excluding carboxylic acids is 1. The molecule has 3 saturated carbocycles. The number of hydrogen-bond donors (Lipinski definition) is 1. The Balaban J connectivity index is 1.57. The Morgan fingerprint density at radius 2 is 1.81 bits per heavy atom. The maximum atomic E-state index is 13.3. The molecule has 0 aromatic rings. The zero-order valence-electron chi connectivity index (χ0n) is 20.5. The predicted octanol–water partition coefficient (Wildman–Crippen LogP) is 7.06. The maximum absolute atomic E-state index is 13.3. The Hall–Kier alpha value is -1.38. The van der Waals surface area contributed by atoms with Crippen LogP contribution >= 0.6 is 0 Å². The fourth-order valence-corrected chi connectivity index (χ4v) is 8.09. The lowest BCUT2D eigenvalue weighted by molar-refractivity contribution is -0.128. The number of oxime groups is 1. The second-order valence-corrected chi connectivity index (χ2v) is 12.1. The summed E-state index contributed by atoms with van der Waals surface area (Å²) in [6.07, 6.45) is 14.4. The lowest BCUT2D eigenvalue weighted by atomic mass is 9.46. The fraction of sp³-hybridized carbons (Fsp3) is 0.786. The highest BCUT2D eigenvalue weighted by molar-refractivity contribution is 6.07. The summed E-state index contributed by atoms with van der Waals surface area (Å²) in [5.74, 6) is 4.76. The Bertz CT molecular complexity index is 808. The minimum atomic E-state index is -0.0359. The summed E-state index contributed by atoms with van der Waals surface area (Å²) in [6, 6.07) is 0. The SMILES string of the molecule is CC(C)C(C)/C=C/[C@@H](C)C1CCC2C3CC(=O)C4=C/C(=N/O)CCC4(C)C3CCC21C. The molecule has 0 amide bonds. The molecule has 0 aromatic heterocycles. The molecule has 3 heteroatoms. The zero-order valence-corrected chi connectivity index (χ0v) is 20.5. The van der Waals surface area contributed by atoms with Gasteiger partial charge in [-0.05, 0) is 96.9 Å². The van der Waals surface area contributed by atoms with E-state index in [1.54, 1.807) is 0 Å². The lowest BCUT2D eigenvalue weighted by Crippen LogP contribution is -2.53. The number of carbonyl (C=O) groups is 1. The van der Waals surface area contributed by atoms with E-state index in [2.05, 4.69) is 58.9 Å². The van der Waals surface area contributed by atoms with Gasteiger partial charge >= 0.3 is 0 Å². The van der Waals surface area contributed by atoms with Crippen LogP contribution in [0.3, 0.4) is 0 Å². The van der Waals surface area contributed by atoms with Crippen LogP contribution in [0, 0.1) is 52.3 Å². The van der Waals surface area contributed by atoms with Crippen LogP contribution in [-0.4, -0.2) is 16.7 Å². The molecular weight excluding hydrogens is 382 g/mol. The molecule has 0 bridgehead atoms. The highest BCUT2D eigenvalue weighted by Crippen LogP contribution is 2.67. The molecule has 0 spiro atoms. The summed E-state index contributed by atoms with van der Waals surface area (Å²) in [7, 11) is 0. The average Bonchev–Trinajstić information content (AvgIpc) is 3.09. The van der Waals surface area contributed by atoms with Gasteiger partial charge in [0.15, 0.2) is 5.78 Å². The third-order valence-corrected chi connectivity index (χ3v) is 10.4. The van der Waals surface area contributed by atoms with Crippen molar-refractivity contribution in [2.24, 2.45) is 57.4 Å². The molecule has 0 aromatic carbocycles. The first-order valence-electron chi connectivity index (χ1n) is 12.8. The van der Waals surface area contributed by atoms with Crippen LogP contribution in [0.15, 0.2) is 29.0 Å². The summed E-state index contributed by atoms with van der Waals surface area (Å²) in [6.45, 7) is 14.2. The van der Waals surface area contributed by atoms with Gasteiger partial charge in [-0.1, -0.05) is 58.9 Å². The largest absolute Gasteiger partial charge is 0.411 e. The van der Waals surface area contributed by atoms with Crippen LogP contribution in [0.4, 0.5) is 0 Å². The Labute approximate surface area is 189 Å². The van der Waals surface area contributed by atoms with Crippen molar-refractivity contribution in [2.75, 3.05) is 0 Å². The first-order valence-corrected chi connectivity index (χ1v) is 12.8. The van der Waals surface area contributed by atoms with Gasteiger partial charge in [0.2, 0.25) is 0 Å². The van der Waals surface area contributed by atoms with Crippen LogP contribution in [0.25, 0.3) is 0 Å². The third kappa shape index (κ3) is 3.64. The molecule has 31 heavy (non-hydrogen) atoms. The van der Waals surface area contributed by atoms with Crippen molar-refractivity contribution in [3.8, 4) is 0 Å². The number of Topliss-reactive ketones (excluding diaryl/α,β-unsaturated/α-hetero) is 1. The first kappa shape index (κ1) is 22.8. The number of nitrogens with zero attached hydrogens (tertiary/aromatic N) is 1. The summed E-state index contributed by atoms with van der Waals surface area (Å²) < 4.78 is 0. The van der Waals surface area contributed by atoms with Crippen molar-refractivity contribution in [2.45, 2.75) is 86.5 Å². The molecule has 3 nitrogen and oxygen atoms in total. The van der Waals surface area contributed by atoms with E-state index in [0.29, 0.717) is 58.8 Å². The van der Waals surface area contributed by atoms with Crippen LogP contribution in [0.1, 0.15) is 86.5 Å². The Morgan fingerprint density at radius 1 is 1.06 bits per heavy atom. The first-order chi connectivity index (χ1) is 14.6. The van der Waals surface area contributed by atoms with E-state index in [4.69, 9.17) is 0 Å². The number of allylic oxidation sites excluding steroid dienone is 4. The number of fused-ring (bicyclic) bond motifs is 5. The summed E-state index contributed by atoms with van der Waals surface area (Å²) >= 11 is 0. The minimum Gasteiger partial charge on any atom is -0.411 e. The maximum Gasteiger partial charge on any atom is 0.159 e. The van der Waals surface area contributed by atoms with Crippen molar-refractivity contribution in [3.63, 3.8) is 0 Å². The monoisotopic (exact) mass is 425 g/mol.